The van der Waals surface area contributed by atoms with Gasteiger partial charge in [0, 0.05) is 6.04 Å². The summed E-state index contributed by atoms with van der Waals surface area (Å²) in [6.45, 7) is 2.11. The summed E-state index contributed by atoms with van der Waals surface area (Å²) in [6, 6.07) is 11.5. The van der Waals surface area contributed by atoms with E-state index in [-0.39, 0.29) is 18.6 Å². The molecule has 4 nitrogen and oxygen atoms in total. The van der Waals surface area contributed by atoms with Gasteiger partial charge in [0.25, 0.3) is 5.91 Å². The summed E-state index contributed by atoms with van der Waals surface area (Å²) in [5.74, 6) is 0.836. The lowest BCUT2D eigenvalue weighted by atomic mass is 9.86. The van der Waals surface area contributed by atoms with Crippen LogP contribution in [0.3, 0.4) is 0 Å². The molecule has 0 radical (unpaired) electrons. The molecule has 0 aliphatic heterocycles. The van der Waals surface area contributed by atoms with E-state index in [1.807, 2.05) is 30.3 Å². The van der Waals surface area contributed by atoms with E-state index in [4.69, 9.17) is 4.74 Å². The maximum Gasteiger partial charge on any atom is 0.258 e. The highest BCUT2D eigenvalue weighted by Gasteiger charge is 2.23. The van der Waals surface area contributed by atoms with Crippen molar-refractivity contribution in [3.05, 3.63) is 42.0 Å². The topological polar surface area (TPSA) is 55.4 Å². The number of nitrogens with one attached hydrogen (secondary N) is 1. The minimum Gasteiger partial charge on any atom is -0.483 e. The molecule has 0 spiro atoms. The Morgan fingerprint density at radius 3 is 2.79 bits per heavy atom. The number of hydrogen-bond donors (Lipinski definition) is 1. The predicted molar refractivity (Wildman–Crippen MR) is 94.4 cm³/mol. The van der Waals surface area contributed by atoms with Crippen molar-refractivity contribution in [3.8, 4) is 5.75 Å². The summed E-state index contributed by atoms with van der Waals surface area (Å²) in [7, 11) is 0. The zero-order valence-corrected chi connectivity index (χ0v) is 14.0. The van der Waals surface area contributed by atoms with Crippen molar-refractivity contribution in [1.82, 2.24) is 5.32 Å². The lowest BCUT2D eigenvalue weighted by Crippen LogP contribution is -2.43. The van der Waals surface area contributed by atoms with Gasteiger partial charge in [0.15, 0.2) is 12.9 Å². The second-order valence-electron chi connectivity index (χ2n) is 6.54. The number of carbonyl (C=O) groups excluding carboxylic acids is 2. The lowest BCUT2D eigenvalue weighted by Gasteiger charge is -2.29. The fourth-order valence-corrected chi connectivity index (χ4v) is 3.45. The Balaban J connectivity index is 1.67. The van der Waals surface area contributed by atoms with Crippen molar-refractivity contribution >= 4 is 23.0 Å². The summed E-state index contributed by atoms with van der Waals surface area (Å²) in [4.78, 5) is 23.6. The molecule has 1 amide bonds. The Morgan fingerprint density at radius 1 is 1.21 bits per heavy atom. The molecule has 0 heterocycles. The van der Waals surface area contributed by atoms with Crippen LogP contribution in [0.25, 0.3) is 10.8 Å². The highest BCUT2D eigenvalue weighted by Crippen LogP contribution is 2.27. The third kappa shape index (κ3) is 3.58. The van der Waals surface area contributed by atoms with E-state index in [2.05, 4.69) is 12.2 Å². The molecule has 0 unspecified atom stereocenters. The van der Waals surface area contributed by atoms with Gasteiger partial charge in [-0.3, -0.25) is 9.59 Å². The average Bonchev–Trinajstić information content (AvgIpc) is 2.61. The fraction of sp³-hybridized carbons (Fsp3) is 0.400. The molecular formula is C20H23NO3. The summed E-state index contributed by atoms with van der Waals surface area (Å²) >= 11 is 0. The van der Waals surface area contributed by atoms with Gasteiger partial charge in [-0.2, -0.15) is 0 Å². The summed E-state index contributed by atoms with van der Waals surface area (Å²) in [5.41, 5.74) is 0.493. The van der Waals surface area contributed by atoms with Crippen LogP contribution in [-0.2, 0) is 4.79 Å². The molecule has 1 saturated carbocycles. The van der Waals surface area contributed by atoms with E-state index in [1.54, 1.807) is 6.07 Å². The predicted octanol–water partition coefficient (Wildman–Crippen LogP) is 3.73. The van der Waals surface area contributed by atoms with E-state index in [1.165, 1.54) is 6.42 Å². The van der Waals surface area contributed by atoms with Crippen LogP contribution < -0.4 is 10.1 Å². The molecule has 1 N–H and O–H groups in total. The van der Waals surface area contributed by atoms with Gasteiger partial charge in [0.2, 0.25) is 0 Å². The smallest absolute Gasteiger partial charge is 0.258 e. The molecule has 1 aliphatic carbocycles. The molecule has 0 aromatic heterocycles. The zero-order valence-electron chi connectivity index (χ0n) is 14.0. The van der Waals surface area contributed by atoms with Gasteiger partial charge >= 0.3 is 0 Å². The number of fused-ring (bicyclic) bond motifs is 1. The summed E-state index contributed by atoms with van der Waals surface area (Å²) in [5, 5.41) is 4.88. The number of aldehydes is 1. The van der Waals surface area contributed by atoms with E-state index in [0.29, 0.717) is 17.2 Å². The third-order valence-corrected chi connectivity index (χ3v) is 4.87. The van der Waals surface area contributed by atoms with Gasteiger partial charge in [-0.25, -0.2) is 0 Å². The Hall–Kier alpha value is -2.36. The molecule has 0 saturated heterocycles. The van der Waals surface area contributed by atoms with Crippen LogP contribution in [0.5, 0.6) is 5.75 Å². The largest absolute Gasteiger partial charge is 0.483 e. The van der Waals surface area contributed by atoms with E-state index >= 15 is 0 Å². The number of benzene rings is 2. The molecule has 1 aliphatic rings. The highest BCUT2D eigenvalue weighted by atomic mass is 16.5. The molecule has 126 valence electrons. The maximum atomic E-state index is 12.2. The van der Waals surface area contributed by atoms with Gasteiger partial charge in [0.05, 0.1) is 5.56 Å². The van der Waals surface area contributed by atoms with Crippen molar-refractivity contribution < 1.29 is 14.3 Å². The highest BCUT2D eigenvalue weighted by molar-refractivity contribution is 6.00. The number of ether oxygens (including phenoxy) is 1. The average molecular weight is 325 g/mol. The number of carbonyl (C=O) groups is 2. The molecule has 2 atom stereocenters. The second kappa shape index (κ2) is 7.47. The number of amides is 1. The first kappa shape index (κ1) is 16.5. The molecular weight excluding hydrogens is 302 g/mol. The Kier molecular flexibility index (Phi) is 5.14. The molecule has 2 aromatic carbocycles. The quantitative estimate of drug-likeness (QED) is 0.852. The van der Waals surface area contributed by atoms with Crippen molar-refractivity contribution in [2.24, 2.45) is 5.92 Å². The SMILES string of the molecule is C[C@@H]1CCCC[C@H]1NC(=O)COc1ccc2ccccc2c1C=O. The number of rotatable bonds is 5. The van der Waals surface area contributed by atoms with Crippen LogP contribution >= 0.6 is 0 Å². The molecule has 0 bridgehead atoms. The molecule has 4 heteroatoms. The Morgan fingerprint density at radius 2 is 2.00 bits per heavy atom. The van der Waals surface area contributed by atoms with Crippen molar-refractivity contribution in [1.29, 1.82) is 0 Å². The fourth-order valence-electron chi connectivity index (χ4n) is 3.45. The monoisotopic (exact) mass is 325 g/mol. The van der Waals surface area contributed by atoms with Crippen LogP contribution in [0.1, 0.15) is 43.0 Å². The Labute approximate surface area is 142 Å². The van der Waals surface area contributed by atoms with E-state index in [0.717, 1.165) is 36.3 Å². The Bertz CT molecular complexity index is 741. The number of hydrogen-bond acceptors (Lipinski definition) is 3. The van der Waals surface area contributed by atoms with Crippen LogP contribution in [0.15, 0.2) is 36.4 Å². The minimum absolute atomic E-state index is 0.0671. The second-order valence-corrected chi connectivity index (χ2v) is 6.54. The standard InChI is InChI=1S/C20H23NO3/c1-14-6-2-5-9-18(14)21-20(23)13-24-19-11-10-15-7-3-4-8-16(15)17(19)12-22/h3-4,7-8,10-12,14,18H,2,5-6,9,13H2,1H3,(H,21,23)/t14-,18-/m1/s1. The molecule has 24 heavy (non-hydrogen) atoms. The van der Waals surface area contributed by atoms with Crippen LogP contribution in [-0.4, -0.2) is 24.8 Å². The molecule has 1 fully saturated rings. The van der Waals surface area contributed by atoms with Gasteiger partial charge < -0.3 is 10.1 Å². The van der Waals surface area contributed by atoms with Gasteiger partial charge in [-0.1, -0.05) is 50.1 Å². The first-order valence-electron chi connectivity index (χ1n) is 8.58. The van der Waals surface area contributed by atoms with Crippen molar-refractivity contribution in [3.63, 3.8) is 0 Å². The molecule has 3 rings (SSSR count). The van der Waals surface area contributed by atoms with Crippen LogP contribution in [0.4, 0.5) is 0 Å². The zero-order chi connectivity index (χ0) is 16.9. The van der Waals surface area contributed by atoms with Gasteiger partial charge in [0.1, 0.15) is 5.75 Å². The maximum absolute atomic E-state index is 12.2. The van der Waals surface area contributed by atoms with Gasteiger partial charge in [-0.15, -0.1) is 0 Å². The van der Waals surface area contributed by atoms with Crippen LogP contribution in [0.2, 0.25) is 0 Å². The van der Waals surface area contributed by atoms with Crippen LogP contribution in [0, 0.1) is 5.92 Å². The summed E-state index contributed by atoms with van der Waals surface area (Å²) < 4.78 is 5.63. The first-order chi connectivity index (χ1) is 11.7. The van der Waals surface area contributed by atoms with E-state index in [9.17, 15) is 9.59 Å². The molecule has 2 aromatic rings. The lowest BCUT2D eigenvalue weighted by molar-refractivity contribution is -0.124. The van der Waals surface area contributed by atoms with Crippen molar-refractivity contribution in [2.45, 2.75) is 38.6 Å². The third-order valence-electron chi connectivity index (χ3n) is 4.87. The minimum atomic E-state index is -0.126. The van der Waals surface area contributed by atoms with Gasteiger partial charge in [-0.05, 0) is 35.6 Å². The normalized spacial score (nSPS) is 20.5. The summed E-state index contributed by atoms with van der Waals surface area (Å²) in [6.07, 6.45) is 5.38. The first-order valence-corrected chi connectivity index (χ1v) is 8.58. The van der Waals surface area contributed by atoms with Crippen molar-refractivity contribution in [2.75, 3.05) is 6.61 Å². The van der Waals surface area contributed by atoms with E-state index < -0.39 is 0 Å².